The molecule has 1 heterocycles. The lowest BCUT2D eigenvalue weighted by atomic mass is 10.0. The Morgan fingerprint density at radius 1 is 1.42 bits per heavy atom. The van der Waals surface area contributed by atoms with Crippen LogP contribution in [0.3, 0.4) is 0 Å². The summed E-state index contributed by atoms with van der Waals surface area (Å²) in [5, 5.41) is 10.2. The van der Waals surface area contributed by atoms with Gasteiger partial charge in [-0.2, -0.15) is 0 Å². The number of carboxylic acids is 1. The Morgan fingerprint density at radius 2 is 2.16 bits per heavy atom. The van der Waals surface area contributed by atoms with Gasteiger partial charge in [-0.25, -0.2) is 4.98 Å². The first-order chi connectivity index (χ1) is 8.97. The van der Waals surface area contributed by atoms with Crippen molar-refractivity contribution in [3.05, 3.63) is 49.9 Å². The Hall–Kier alpha value is -1.39. The molecule has 0 bridgehead atoms. The summed E-state index contributed by atoms with van der Waals surface area (Å²) in [7, 11) is 0. The van der Waals surface area contributed by atoms with E-state index in [1.165, 1.54) is 11.3 Å². The molecule has 19 heavy (non-hydrogen) atoms. The van der Waals surface area contributed by atoms with Crippen LogP contribution in [-0.4, -0.2) is 16.1 Å². The predicted molar refractivity (Wildman–Crippen MR) is 77.2 cm³/mol. The Bertz CT molecular complexity index is 622. The highest BCUT2D eigenvalue weighted by Gasteiger charge is 2.12. The number of halogens is 1. The third-order valence-electron chi connectivity index (χ3n) is 2.97. The lowest BCUT2D eigenvalue weighted by Crippen LogP contribution is -1.98. The average Bonchev–Trinajstić information content (AvgIpc) is 2.64. The summed E-state index contributed by atoms with van der Waals surface area (Å²) >= 11 is 7.57. The molecule has 0 saturated heterocycles. The number of nitrogens with zero attached hydrogens (tertiary/aromatic N) is 1. The van der Waals surface area contributed by atoms with Crippen molar-refractivity contribution in [2.45, 2.75) is 26.7 Å². The number of rotatable bonds is 4. The van der Waals surface area contributed by atoms with E-state index in [1.54, 1.807) is 0 Å². The van der Waals surface area contributed by atoms with E-state index in [0.717, 1.165) is 33.1 Å². The first-order valence-electron chi connectivity index (χ1n) is 5.88. The molecule has 0 spiro atoms. The van der Waals surface area contributed by atoms with Crippen LogP contribution in [-0.2, 0) is 17.6 Å². The van der Waals surface area contributed by atoms with Gasteiger partial charge in [0, 0.05) is 16.3 Å². The SMILES string of the molecule is Cc1nc(CC(=O)O)sc1Cc1cccc(Cl)c1C. The van der Waals surface area contributed by atoms with E-state index < -0.39 is 5.97 Å². The van der Waals surface area contributed by atoms with E-state index in [2.05, 4.69) is 4.98 Å². The highest BCUT2D eigenvalue weighted by Crippen LogP contribution is 2.26. The molecule has 0 aliphatic carbocycles. The fourth-order valence-corrected chi connectivity index (χ4v) is 3.15. The fraction of sp³-hybridized carbons (Fsp3) is 0.286. The number of carboxylic acid groups (broad SMARTS) is 1. The first kappa shape index (κ1) is 14.0. The summed E-state index contributed by atoms with van der Waals surface area (Å²) < 4.78 is 0. The minimum absolute atomic E-state index is 0.0139. The molecular weight excluding hydrogens is 282 g/mol. The summed E-state index contributed by atoms with van der Waals surface area (Å²) in [4.78, 5) is 16.1. The summed E-state index contributed by atoms with van der Waals surface area (Å²) in [6.45, 7) is 3.91. The number of aromatic nitrogens is 1. The summed E-state index contributed by atoms with van der Waals surface area (Å²) in [5.41, 5.74) is 3.12. The lowest BCUT2D eigenvalue weighted by molar-refractivity contribution is -0.136. The highest BCUT2D eigenvalue weighted by atomic mass is 35.5. The molecule has 100 valence electrons. The van der Waals surface area contributed by atoms with Crippen LogP contribution in [0.1, 0.15) is 26.7 Å². The molecule has 0 aliphatic rings. The minimum atomic E-state index is -0.848. The summed E-state index contributed by atoms with van der Waals surface area (Å²) in [6, 6.07) is 5.84. The van der Waals surface area contributed by atoms with Crippen molar-refractivity contribution in [2.75, 3.05) is 0 Å². The van der Waals surface area contributed by atoms with Gasteiger partial charge in [-0.3, -0.25) is 4.79 Å². The topological polar surface area (TPSA) is 50.2 Å². The molecule has 0 unspecified atom stereocenters. The smallest absolute Gasteiger partial charge is 0.310 e. The van der Waals surface area contributed by atoms with Gasteiger partial charge in [0.1, 0.15) is 5.01 Å². The molecular formula is C14H14ClNO2S. The molecule has 1 N–H and O–H groups in total. The monoisotopic (exact) mass is 295 g/mol. The van der Waals surface area contributed by atoms with E-state index in [-0.39, 0.29) is 6.42 Å². The van der Waals surface area contributed by atoms with Gasteiger partial charge in [0.15, 0.2) is 0 Å². The van der Waals surface area contributed by atoms with E-state index >= 15 is 0 Å². The number of carbonyl (C=O) groups is 1. The van der Waals surface area contributed by atoms with Gasteiger partial charge in [0.25, 0.3) is 0 Å². The van der Waals surface area contributed by atoms with Crippen molar-refractivity contribution in [1.29, 1.82) is 0 Å². The maximum Gasteiger partial charge on any atom is 0.310 e. The summed E-state index contributed by atoms with van der Waals surface area (Å²) in [6.07, 6.45) is 0.732. The van der Waals surface area contributed by atoms with Crippen molar-refractivity contribution in [1.82, 2.24) is 4.98 Å². The van der Waals surface area contributed by atoms with E-state index in [0.29, 0.717) is 5.01 Å². The summed E-state index contributed by atoms with van der Waals surface area (Å²) in [5.74, 6) is -0.848. The van der Waals surface area contributed by atoms with Crippen molar-refractivity contribution in [3.8, 4) is 0 Å². The van der Waals surface area contributed by atoms with E-state index in [9.17, 15) is 4.79 Å². The van der Waals surface area contributed by atoms with Gasteiger partial charge in [-0.05, 0) is 31.0 Å². The molecule has 5 heteroatoms. The van der Waals surface area contributed by atoms with Gasteiger partial charge >= 0.3 is 5.97 Å². The first-order valence-corrected chi connectivity index (χ1v) is 7.07. The van der Waals surface area contributed by atoms with E-state index in [1.807, 2.05) is 32.0 Å². The van der Waals surface area contributed by atoms with Gasteiger partial charge in [0.2, 0.25) is 0 Å². The number of hydrogen-bond donors (Lipinski definition) is 1. The molecule has 2 aromatic rings. The Kier molecular flexibility index (Phi) is 4.22. The molecule has 3 nitrogen and oxygen atoms in total. The van der Waals surface area contributed by atoms with Gasteiger partial charge in [-0.1, -0.05) is 23.7 Å². The Labute approximate surface area is 120 Å². The van der Waals surface area contributed by atoms with Crippen LogP contribution < -0.4 is 0 Å². The average molecular weight is 296 g/mol. The molecule has 0 fully saturated rings. The van der Waals surface area contributed by atoms with Crippen LogP contribution in [0.5, 0.6) is 0 Å². The molecule has 0 amide bonds. The highest BCUT2D eigenvalue weighted by molar-refractivity contribution is 7.11. The number of aryl methyl sites for hydroxylation is 1. The van der Waals surface area contributed by atoms with Crippen molar-refractivity contribution >= 4 is 28.9 Å². The zero-order valence-electron chi connectivity index (χ0n) is 10.7. The van der Waals surface area contributed by atoms with Crippen molar-refractivity contribution < 1.29 is 9.90 Å². The number of thiazole rings is 1. The normalized spacial score (nSPS) is 10.7. The minimum Gasteiger partial charge on any atom is -0.481 e. The van der Waals surface area contributed by atoms with Crippen LogP contribution in [0.2, 0.25) is 5.02 Å². The maximum absolute atomic E-state index is 10.7. The fourth-order valence-electron chi connectivity index (χ4n) is 1.87. The zero-order chi connectivity index (χ0) is 14.0. The predicted octanol–water partition coefficient (Wildman–Crippen LogP) is 3.63. The molecule has 0 atom stereocenters. The Balaban J connectivity index is 2.26. The second kappa shape index (κ2) is 5.72. The van der Waals surface area contributed by atoms with Crippen LogP contribution >= 0.6 is 22.9 Å². The van der Waals surface area contributed by atoms with Crippen LogP contribution in [0.15, 0.2) is 18.2 Å². The second-order valence-electron chi connectivity index (χ2n) is 4.39. The molecule has 0 radical (unpaired) electrons. The second-order valence-corrected chi connectivity index (χ2v) is 5.96. The van der Waals surface area contributed by atoms with Gasteiger partial charge in [-0.15, -0.1) is 11.3 Å². The van der Waals surface area contributed by atoms with Gasteiger partial charge in [0.05, 0.1) is 12.1 Å². The molecule has 1 aromatic heterocycles. The maximum atomic E-state index is 10.7. The van der Waals surface area contributed by atoms with Crippen molar-refractivity contribution in [3.63, 3.8) is 0 Å². The third-order valence-corrected chi connectivity index (χ3v) is 4.54. The largest absolute Gasteiger partial charge is 0.481 e. The van der Waals surface area contributed by atoms with E-state index in [4.69, 9.17) is 16.7 Å². The number of hydrogen-bond acceptors (Lipinski definition) is 3. The quantitative estimate of drug-likeness (QED) is 0.937. The molecule has 0 saturated carbocycles. The molecule has 1 aromatic carbocycles. The van der Waals surface area contributed by atoms with Gasteiger partial charge < -0.3 is 5.11 Å². The zero-order valence-corrected chi connectivity index (χ0v) is 12.3. The van der Waals surface area contributed by atoms with Crippen molar-refractivity contribution in [2.24, 2.45) is 0 Å². The van der Waals surface area contributed by atoms with Crippen LogP contribution in [0.4, 0.5) is 0 Å². The molecule has 2 rings (SSSR count). The number of aliphatic carboxylic acids is 1. The van der Waals surface area contributed by atoms with Crippen LogP contribution in [0.25, 0.3) is 0 Å². The third kappa shape index (κ3) is 3.33. The van der Waals surface area contributed by atoms with Crippen LogP contribution in [0, 0.1) is 13.8 Å². The molecule has 0 aliphatic heterocycles. The standard InChI is InChI=1S/C14H14ClNO2S/c1-8-10(4-3-5-11(8)15)6-12-9(2)16-13(19-12)7-14(17)18/h3-5H,6-7H2,1-2H3,(H,17,18). The number of benzene rings is 1. The Morgan fingerprint density at radius 3 is 2.84 bits per heavy atom. The lowest BCUT2D eigenvalue weighted by Gasteiger charge is -2.06.